The number of H-pyrrole nitrogens is 2. The number of methoxy groups -OCH3 is 2. The summed E-state index contributed by atoms with van der Waals surface area (Å²) in [6, 6.07) is 26.4. The van der Waals surface area contributed by atoms with Crippen LogP contribution in [-0.2, 0) is 37.3 Å². The summed E-state index contributed by atoms with van der Waals surface area (Å²) in [4.78, 5) is 72.8. The number of nitrogens with zero attached hydrogens (tertiary/aromatic N) is 4. The molecule has 2 aliphatic rings. The smallest absolute Gasteiger partial charge is 0.407 e. The summed E-state index contributed by atoms with van der Waals surface area (Å²) >= 11 is 0. The molecule has 358 valence electrons. The van der Waals surface area contributed by atoms with Gasteiger partial charge in [-0.15, -0.1) is 0 Å². The van der Waals surface area contributed by atoms with E-state index in [1.807, 2.05) is 49.6 Å². The largest absolute Gasteiger partial charge is 0.453 e. The molecule has 68 heavy (non-hydrogen) atoms. The number of likely N-dealkylation sites (tertiary alicyclic amines) is 2. The van der Waals surface area contributed by atoms with Crippen LogP contribution < -0.4 is 10.6 Å². The molecule has 0 spiro atoms. The van der Waals surface area contributed by atoms with Crippen molar-refractivity contribution in [1.29, 1.82) is 0 Å². The van der Waals surface area contributed by atoms with Crippen LogP contribution in [-0.4, -0.2) is 93.1 Å². The number of carbonyl (C=O) groups is 4. The average Bonchev–Trinajstić information content (AvgIpc) is 4.16. The summed E-state index contributed by atoms with van der Waals surface area (Å²) in [7, 11) is 2.60. The van der Waals surface area contributed by atoms with Crippen LogP contribution in [0.4, 0.5) is 9.59 Å². The van der Waals surface area contributed by atoms with E-state index >= 15 is 0 Å². The van der Waals surface area contributed by atoms with E-state index in [1.165, 1.54) is 30.9 Å². The lowest BCUT2D eigenvalue weighted by molar-refractivity contribution is -0.136. The summed E-state index contributed by atoms with van der Waals surface area (Å²) in [5.74, 6) is 0.937. The van der Waals surface area contributed by atoms with Crippen molar-refractivity contribution in [2.45, 2.75) is 117 Å². The zero-order valence-electron chi connectivity index (χ0n) is 40.9. The standard InChI is InChI=1S/C54H66N8O6/c1-31(2)46(59-52(65)67-8)50(63)61-26-10-12-44(61)48-55-40-24-19-35(29-42(40)57-48)34-18-23-39(36(28-34)17-14-33-15-21-38(22-16-33)54(5,6)7)37-20-25-41-43(30-37)58-49(56-41)45-13-11-27-62(45)51(64)47(32(3)4)60-53(66)68-9/h15-16,18-25,28-32,44-47H,10-14,17,26-27H2,1-9H3,(H,55,57)(H,56,58)(H,59,65)(H,60,66)/t44-,45-,46-,47?/m0/s1. The predicted molar refractivity (Wildman–Crippen MR) is 265 cm³/mol. The Bertz CT molecular complexity index is 2800. The number of hydrogen-bond donors (Lipinski definition) is 4. The van der Waals surface area contributed by atoms with E-state index < -0.39 is 24.3 Å². The fraction of sp³-hybridized carbons (Fsp3) is 0.444. The molecule has 4 heterocycles. The van der Waals surface area contributed by atoms with Crippen molar-refractivity contribution in [3.63, 3.8) is 0 Å². The highest BCUT2D eigenvalue weighted by atomic mass is 16.5. The highest BCUT2D eigenvalue weighted by Crippen LogP contribution is 2.37. The molecule has 0 saturated carbocycles. The Labute approximate surface area is 399 Å². The topological polar surface area (TPSA) is 175 Å². The third-order valence-corrected chi connectivity index (χ3v) is 13.7. The first-order valence-corrected chi connectivity index (χ1v) is 24.0. The number of imidazole rings is 2. The van der Waals surface area contributed by atoms with Crippen LogP contribution in [0.2, 0.25) is 0 Å². The van der Waals surface area contributed by atoms with Crippen molar-refractivity contribution in [1.82, 2.24) is 40.4 Å². The normalized spacial score (nSPS) is 17.3. The van der Waals surface area contributed by atoms with Gasteiger partial charge in [0.1, 0.15) is 23.7 Å². The molecule has 8 rings (SSSR count). The van der Waals surface area contributed by atoms with E-state index in [0.717, 1.165) is 94.5 Å². The predicted octanol–water partition coefficient (Wildman–Crippen LogP) is 9.94. The molecule has 2 fully saturated rings. The Balaban J connectivity index is 1.09. The van der Waals surface area contributed by atoms with Crippen molar-refractivity contribution in [3.05, 3.63) is 107 Å². The van der Waals surface area contributed by atoms with Crippen molar-refractivity contribution in [2.24, 2.45) is 11.8 Å². The number of carbonyl (C=O) groups excluding carboxylic acids is 4. The quantitative estimate of drug-likeness (QED) is 0.0886. The zero-order valence-corrected chi connectivity index (χ0v) is 40.9. The molecular weight excluding hydrogens is 857 g/mol. The number of alkyl carbamates (subject to hydrolysis) is 2. The first-order valence-electron chi connectivity index (χ1n) is 24.0. The maximum Gasteiger partial charge on any atom is 0.407 e. The summed E-state index contributed by atoms with van der Waals surface area (Å²) in [6.45, 7) is 15.5. The lowest BCUT2D eigenvalue weighted by Crippen LogP contribution is -2.51. The molecule has 1 unspecified atom stereocenters. The van der Waals surface area contributed by atoms with Gasteiger partial charge in [-0.3, -0.25) is 9.59 Å². The number of fused-ring (bicyclic) bond motifs is 2. The summed E-state index contributed by atoms with van der Waals surface area (Å²) in [6.07, 6.45) is 3.62. The first kappa shape index (κ1) is 47.8. The number of hydrogen-bond acceptors (Lipinski definition) is 8. The minimum absolute atomic E-state index is 0.0689. The second-order valence-electron chi connectivity index (χ2n) is 20.1. The molecule has 4 atom stereocenters. The lowest BCUT2D eigenvalue weighted by Gasteiger charge is -2.29. The van der Waals surface area contributed by atoms with Gasteiger partial charge in [-0.1, -0.05) is 103 Å². The van der Waals surface area contributed by atoms with Crippen molar-refractivity contribution in [3.8, 4) is 22.3 Å². The number of rotatable bonds is 13. The molecule has 2 saturated heterocycles. The molecule has 0 aliphatic carbocycles. The van der Waals surface area contributed by atoms with Gasteiger partial charge in [0.05, 0.1) is 48.4 Å². The van der Waals surface area contributed by atoms with Gasteiger partial charge in [-0.25, -0.2) is 19.6 Å². The van der Waals surface area contributed by atoms with E-state index in [2.05, 4.69) is 108 Å². The number of ether oxygens (including phenoxy) is 2. The van der Waals surface area contributed by atoms with Crippen molar-refractivity contribution < 1.29 is 28.7 Å². The molecule has 2 aromatic heterocycles. The molecule has 6 aromatic rings. The number of benzene rings is 4. The van der Waals surface area contributed by atoms with Crippen LogP contribution in [0.5, 0.6) is 0 Å². The zero-order chi connectivity index (χ0) is 48.4. The second-order valence-corrected chi connectivity index (χ2v) is 20.1. The molecule has 4 N–H and O–H groups in total. The Hall–Kier alpha value is -6.70. The first-order chi connectivity index (χ1) is 32.5. The van der Waals surface area contributed by atoms with Gasteiger partial charge in [0.15, 0.2) is 0 Å². The van der Waals surface area contributed by atoms with Gasteiger partial charge < -0.3 is 39.9 Å². The highest BCUT2D eigenvalue weighted by Gasteiger charge is 2.39. The van der Waals surface area contributed by atoms with Crippen LogP contribution in [0.25, 0.3) is 44.3 Å². The summed E-state index contributed by atoms with van der Waals surface area (Å²) < 4.78 is 9.66. The van der Waals surface area contributed by atoms with E-state index in [4.69, 9.17) is 19.4 Å². The van der Waals surface area contributed by atoms with Crippen molar-refractivity contribution in [2.75, 3.05) is 27.3 Å². The third kappa shape index (κ3) is 10.1. The minimum Gasteiger partial charge on any atom is -0.453 e. The fourth-order valence-electron chi connectivity index (χ4n) is 9.82. The maximum atomic E-state index is 13.9. The molecule has 0 bridgehead atoms. The van der Waals surface area contributed by atoms with Gasteiger partial charge in [0.2, 0.25) is 11.8 Å². The second kappa shape index (κ2) is 19.9. The summed E-state index contributed by atoms with van der Waals surface area (Å²) in [5, 5.41) is 5.47. The maximum absolute atomic E-state index is 13.9. The molecule has 4 aromatic carbocycles. The fourth-order valence-corrected chi connectivity index (χ4v) is 9.82. The van der Waals surface area contributed by atoms with Gasteiger partial charge >= 0.3 is 12.2 Å². The summed E-state index contributed by atoms with van der Waals surface area (Å²) in [5.41, 5.74) is 11.6. The van der Waals surface area contributed by atoms with Gasteiger partial charge in [-0.05, 0) is 119 Å². The van der Waals surface area contributed by atoms with Crippen LogP contribution >= 0.6 is 0 Å². The minimum atomic E-state index is -0.710. The Kier molecular flexibility index (Phi) is 14.0. The molecular formula is C54H66N8O6. The number of aromatic nitrogens is 4. The van der Waals surface area contributed by atoms with E-state index in [0.29, 0.717) is 13.1 Å². The monoisotopic (exact) mass is 923 g/mol. The van der Waals surface area contributed by atoms with Crippen LogP contribution in [0.1, 0.15) is 115 Å². The number of aryl methyl sites for hydroxylation is 2. The Morgan fingerprint density at radius 3 is 1.60 bits per heavy atom. The highest BCUT2D eigenvalue weighted by molar-refractivity contribution is 5.89. The van der Waals surface area contributed by atoms with Gasteiger partial charge in [0.25, 0.3) is 0 Å². The molecule has 4 amide bonds. The van der Waals surface area contributed by atoms with Crippen LogP contribution in [0, 0.1) is 11.8 Å². The number of aromatic amines is 2. The van der Waals surface area contributed by atoms with Gasteiger partial charge in [0, 0.05) is 13.1 Å². The number of nitrogens with one attached hydrogen (secondary N) is 4. The average molecular weight is 923 g/mol. The Morgan fingerprint density at radius 1 is 0.647 bits per heavy atom. The van der Waals surface area contributed by atoms with Gasteiger partial charge in [-0.2, -0.15) is 0 Å². The third-order valence-electron chi connectivity index (χ3n) is 13.7. The molecule has 2 aliphatic heterocycles. The van der Waals surface area contributed by atoms with E-state index in [1.54, 1.807) is 0 Å². The van der Waals surface area contributed by atoms with Crippen LogP contribution in [0.3, 0.4) is 0 Å². The van der Waals surface area contributed by atoms with E-state index in [9.17, 15) is 19.2 Å². The molecule has 14 heteroatoms. The lowest BCUT2D eigenvalue weighted by atomic mass is 9.86. The SMILES string of the molecule is COC(=O)NC(C(=O)N1CCC[C@H]1c1nc2ccc(-c3ccc(-c4ccc5nc([C@@H]6CCCN6C(=O)[C@@H](NC(=O)OC)C(C)C)[nH]c5c4)cc3CCc3ccc(C(C)(C)C)cc3)cc2[nH]1)C(C)C. The molecule has 0 radical (unpaired) electrons. The van der Waals surface area contributed by atoms with E-state index in [-0.39, 0.29) is 41.1 Å². The van der Waals surface area contributed by atoms with Crippen LogP contribution in [0.15, 0.2) is 78.9 Å². The number of amides is 4. The molecule has 14 nitrogen and oxygen atoms in total. The van der Waals surface area contributed by atoms with Crippen molar-refractivity contribution >= 4 is 46.1 Å². The Morgan fingerprint density at radius 2 is 1.12 bits per heavy atom.